The minimum absolute atomic E-state index is 0. The van der Waals surface area contributed by atoms with Crippen LogP contribution in [-0.4, -0.2) is 75.6 Å². The molecule has 4 rings (SSSR count). The number of piperazine rings is 1. The average Bonchev–Trinajstić information content (AvgIpc) is 3.07. The van der Waals surface area contributed by atoms with Crippen molar-refractivity contribution >= 4 is 24.0 Å². The zero-order valence-corrected chi connectivity index (χ0v) is 18.9. The first-order valence-corrected chi connectivity index (χ1v) is 10.8. The van der Waals surface area contributed by atoms with Crippen LogP contribution >= 0.6 is 12.4 Å². The van der Waals surface area contributed by atoms with E-state index in [0.29, 0.717) is 12.5 Å². The first kappa shape index (κ1) is 22.8. The molecule has 2 fully saturated rings. The third-order valence-corrected chi connectivity index (χ3v) is 6.51. The lowest BCUT2D eigenvalue weighted by Gasteiger charge is -2.38. The summed E-state index contributed by atoms with van der Waals surface area (Å²) in [7, 11) is 2.00. The lowest BCUT2D eigenvalue weighted by Crippen LogP contribution is -2.47. The van der Waals surface area contributed by atoms with Gasteiger partial charge in [0.15, 0.2) is 11.6 Å². The van der Waals surface area contributed by atoms with Crippen LogP contribution in [0.25, 0.3) is 0 Å². The Morgan fingerprint density at radius 1 is 0.967 bits per heavy atom. The molecule has 0 radical (unpaired) electrons. The number of hydrogen-bond acceptors (Lipinski definition) is 7. The van der Waals surface area contributed by atoms with Crippen LogP contribution in [0.1, 0.15) is 30.5 Å². The molecule has 0 amide bonds. The fourth-order valence-corrected chi connectivity index (χ4v) is 4.44. The first-order valence-electron chi connectivity index (χ1n) is 10.8. The lowest BCUT2D eigenvalue weighted by molar-refractivity contribution is 0.240. The van der Waals surface area contributed by atoms with Crippen molar-refractivity contribution in [2.45, 2.75) is 32.7 Å². The number of aliphatic hydroxyl groups is 1. The molecule has 2 aromatic rings. The zero-order chi connectivity index (χ0) is 20.2. The van der Waals surface area contributed by atoms with Crippen molar-refractivity contribution in [1.29, 1.82) is 0 Å². The number of rotatable bonds is 6. The molecule has 30 heavy (non-hydrogen) atoms. The number of aryl methyl sites for hydroxylation is 1. The SMILES string of the molecule is Cc1c(CN2CCN(c3nccnc3N3CCC(CCO)CC3)CC2)cnn1C.Cl. The van der Waals surface area contributed by atoms with E-state index in [2.05, 4.69) is 26.7 Å². The summed E-state index contributed by atoms with van der Waals surface area (Å²) >= 11 is 0. The van der Waals surface area contributed by atoms with E-state index in [1.807, 2.05) is 24.1 Å². The molecular formula is C21H34ClN7O. The Morgan fingerprint density at radius 3 is 2.10 bits per heavy atom. The Bertz CT molecular complexity index is 798. The van der Waals surface area contributed by atoms with Crippen LogP contribution in [0, 0.1) is 12.8 Å². The molecule has 0 aliphatic carbocycles. The predicted molar refractivity (Wildman–Crippen MR) is 121 cm³/mol. The van der Waals surface area contributed by atoms with Crippen LogP contribution < -0.4 is 9.80 Å². The molecule has 0 aromatic carbocycles. The first-order chi connectivity index (χ1) is 14.2. The van der Waals surface area contributed by atoms with E-state index >= 15 is 0 Å². The molecular weight excluding hydrogens is 402 g/mol. The number of nitrogens with zero attached hydrogens (tertiary/aromatic N) is 7. The Hall–Kier alpha value is -1.90. The number of aromatic nitrogens is 4. The third-order valence-electron chi connectivity index (χ3n) is 6.51. The molecule has 0 bridgehead atoms. The lowest BCUT2D eigenvalue weighted by atomic mass is 9.94. The van der Waals surface area contributed by atoms with E-state index in [4.69, 9.17) is 9.97 Å². The Labute approximate surface area is 185 Å². The Balaban J connectivity index is 0.00000256. The summed E-state index contributed by atoms with van der Waals surface area (Å²) in [6, 6.07) is 0. The molecule has 2 aliphatic rings. The standard InChI is InChI=1S/C21H33N7O.ClH/c1-17-19(15-24-25(17)2)16-26-10-12-28(13-11-26)21-20(22-6-7-23-21)27-8-3-18(4-9-27)5-14-29;/h6-7,15,18,29H,3-5,8-14,16H2,1-2H3;1H. The molecule has 0 unspecified atom stereocenters. The fourth-order valence-electron chi connectivity index (χ4n) is 4.44. The highest BCUT2D eigenvalue weighted by Gasteiger charge is 2.26. The number of anilines is 2. The second kappa shape index (κ2) is 10.4. The predicted octanol–water partition coefficient (Wildman–Crippen LogP) is 1.86. The smallest absolute Gasteiger partial charge is 0.172 e. The molecule has 0 saturated carbocycles. The van der Waals surface area contributed by atoms with Crippen LogP contribution in [0.2, 0.25) is 0 Å². The van der Waals surface area contributed by atoms with Crippen molar-refractivity contribution in [3.05, 3.63) is 29.8 Å². The number of piperidine rings is 1. The highest BCUT2D eigenvalue weighted by Crippen LogP contribution is 2.30. The van der Waals surface area contributed by atoms with Crippen LogP contribution in [0.3, 0.4) is 0 Å². The van der Waals surface area contributed by atoms with E-state index < -0.39 is 0 Å². The van der Waals surface area contributed by atoms with Gasteiger partial charge in [-0.05, 0) is 32.1 Å². The highest BCUT2D eigenvalue weighted by molar-refractivity contribution is 5.85. The van der Waals surface area contributed by atoms with Gasteiger partial charge in [0.1, 0.15) is 0 Å². The van der Waals surface area contributed by atoms with Crippen LogP contribution in [0.5, 0.6) is 0 Å². The largest absolute Gasteiger partial charge is 0.396 e. The van der Waals surface area contributed by atoms with Crippen LogP contribution in [-0.2, 0) is 13.6 Å². The van der Waals surface area contributed by atoms with E-state index in [1.54, 1.807) is 6.20 Å². The van der Waals surface area contributed by atoms with E-state index in [9.17, 15) is 5.11 Å². The molecule has 166 valence electrons. The fraction of sp³-hybridized carbons (Fsp3) is 0.667. The highest BCUT2D eigenvalue weighted by atomic mass is 35.5. The van der Waals surface area contributed by atoms with E-state index in [1.165, 1.54) is 11.3 Å². The molecule has 0 atom stereocenters. The van der Waals surface area contributed by atoms with Gasteiger partial charge in [-0.2, -0.15) is 5.10 Å². The van der Waals surface area contributed by atoms with Gasteiger partial charge in [0.05, 0.1) is 6.20 Å². The van der Waals surface area contributed by atoms with Gasteiger partial charge in [-0.15, -0.1) is 12.4 Å². The molecule has 2 aliphatic heterocycles. The zero-order valence-electron chi connectivity index (χ0n) is 18.1. The summed E-state index contributed by atoms with van der Waals surface area (Å²) in [4.78, 5) is 16.7. The number of hydrogen-bond donors (Lipinski definition) is 1. The quantitative estimate of drug-likeness (QED) is 0.742. The topological polar surface area (TPSA) is 73.6 Å². The van der Waals surface area contributed by atoms with Gasteiger partial charge in [0.25, 0.3) is 0 Å². The van der Waals surface area contributed by atoms with Gasteiger partial charge in [0, 0.05) is 83.1 Å². The summed E-state index contributed by atoms with van der Waals surface area (Å²) in [5.74, 6) is 2.67. The molecule has 2 aromatic heterocycles. The summed E-state index contributed by atoms with van der Waals surface area (Å²) < 4.78 is 1.95. The number of halogens is 1. The Morgan fingerprint density at radius 2 is 1.57 bits per heavy atom. The number of aliphatic hydroxyl groups excluding tert-OH is 1. The van der Waals surface area contributed by atoms with Crippen molar-refractivity contribution in [2.75, 3.05) is 55.7 Å². The Kier molecular flexibility index (Phi) is 7.91. The summed E-state index contributed by atoms with van der Waals surface area (Å²) in [6.07, 6.45) is 8.76. The van der Waals surface area contributed by atoms with Crippen LogP contribution in [0.15, 0.2) is 18.6 Å². The maximum absolute atomic E-state index is 9.20. The minimum Gasteiger partial charge on any atom is -0.396 e. The molecule has 0 spiro atoms. The van der Waals surface area contributed by atoms with Gasteiger partial charge in [0.2, 0.25) is 0 Å². The minimum atomic E-state index is 0. The maximum atomic E-state index is 9.20. The van der Waals surface area contributed by atoms with E-state index in [-0.39, 0.29) is 12.4 Å². The summed E-state index contributed by atoms with van der Waals surface area (Å²) in [6.45, 7) is 9.34. The van der Waals surface area contributed by atoms with E-state index in [0.717, 1.165) is 76.7 Å². The van der Waals surface area contributed by atoms with Crippen LogP contribution in [0.4, 0.5) is 11.6 Å². The monoisotopic (exact) mass is 435 g/mol. The second-order valence-corrected chi connectivity index (χ2v) is 8.29. The van der Waals surface area contributed by atoms with Crippen molar-refractivity contribution in [3.8, 4) is 0 Å². The molecule has 4 heterocycles. The van der Waals surface area contributed by atoms with Crippen molar-refractivity contribution < 1.29 is 5.11 Å². The van der Waals surface area contributed by atoms with Gasteiger partial charge in [-0.3, -0.25) is 9.58 Å². The average molecular weight is 436 g/mol. The normalized spacial score (nSPS) is 18.5. The van der Waals surface area contributed by atoms with Crippen molar-refractivity contribution in [1.82, 2.24) is 24.6 Å². The van der Waals surface area contributed by atoms with Crippen molar-refractivity contribution in [3.63, 3.8) is 0 Å². The maximum Gasteiger partial charge on any atom is 0.172 e. The van der Waals surface area contributed by atoms with Gasteiger partial charge in [-0.1, -0.05) is 0 Å². The van der Waals surface area contributed by atoms with Gasteiger partial charge < -0.3 is 14.9 Å². The molecule has 1 N–H and O–H groups in total. The third kappa shape index (κ3) is 5.04. The van der Waals surface area contributed by atoms with Gasteiger partial charge >= 0.3 is 0 Å². The molecule has 2 saturated heterocycles. The molecule has 8 nitrogen and oxygen atoms in total. The summed E-state index contributed by atoms with van der Waals surface area (Å²) in [5, 5.41) is 13.6. The second-order valence-electron chi connectivity index (χ2n) is 8.29. The van der Waals surface area contributed by atoms with Gasteiger partial charge in [-0.25, -0.2) is 9.97 Å². The molecule has 9 heteroatoms. The summed E-state index contributed by atoms with van der Waals surface area (Å²) in [5.41, 5.74) is 2.56. The van der Waals surface area contributed by atoms with Crippen molar-refractivity contribution in [2.24, 2.45) is 13.0 Å².